The second-order valence-corrected chi connectivity index (χ2v) is 7.77. The maximum atomic E-state index is 10.6. The Bertz CT molecular complexity index is 322. The van der Waals surface area contributed by atoms with E-state index in [4.69, 9.17) is 18.9 Å². The van der Waals surface area contributed by atoms with Crippen LogP contribution in [0.3, 0.4) is 0 Å². The molecule has 0 N–H and O–H groups in total. The van der Waals surface area contributed by atoms with E-state index < -0.39 is 0 Å². The zero-order chi connectivity index (χ0) is 21.3. The standard InChI is InChI=1S/C24H48O5/c1-3-4-5-6-7-8-9-10-11-12-13-14-15-16-17-26-18-19-27-20-21-28-22-23-29-24(2)25/h3-23H2,1-2H3. The number of hydrogen-bond acceptors (Lipinski definition) is 5. The van der Waals surface area contributed by atoms with Crippen molar-refractivity contribution in [1.29, 1.82) is 0 Å². The van der Waals surface area contributed by atoms with E-state index in [-0.39, 0.29) is 5.97 Å². The average Bonchev–Trinajstić information content (AvgIpc) is 2.71. The molecule has 0 heterocycles. The molecule has 0 bridgehead atoms. The summed E-state index contributed by atoms with van der Waals surface area (Å²) in [6, 6.07) is 0. The summed E-state index contributed by atoms with van der Waals surface area (Å²) in [7, 11) is 0. The van der Waals surface area contributed by atoms with Gasteiger partial charge in [-0.3, -0.25) is 4.79 Å². The highest BCUT2D eigenvalue weighted by atomic mass is 16.6. The van der Waals surface area contributed by atoms with Crippen LogP contribution >= 0.6 is 0 Å². The van der Waals surface area contributed by atoms with Gasteiger partial charge in [-0.25, -0.2) is 0 Å². The van der Waals surface area contributed by atoms with Gasteiger partial charge in [-0.2, -0.15) is 0 Å². The van der Waals surface area contributed by atoms with Crippen LogP contribution in [0.4, 0.5) is 0 Å². The molecule has 0 spiro atoms. The van der Waals surface area contributed by atoms with Crippen LogP contribution in [-0.4, -0.2) is 52.2 Å². The quantitative estimate of drug-likeness (QED) is 0.141. The molecule has 0 saturated carbocycles. The number of rotatable bonds is 24. The molecule has 0 aromatic carbocycles. The molecule has 0 fully saturated rings. The fourth-order valence-corrected chi connectivity index (χ4v) is 3.18. The van der Waals surface area contributed by atoms with Crippen molar-refractivity contribution in [2.45, 2.75) is 104 Å². The van der Waals surface area contributed by atoms with Gasteiger partial charge < -0.3 is 18.9 Å². The molecule has 0 atom stereocenters. The van der Waals surface area contributed by atoms with Crippen LogP contribution < -0.4 is 0 Å². The summed E-state index contributed by atoms with van der Waals surface area (Å²) < 4.78 is 21.1. The zero-order valence-corrected chi connectivity index (χ0v) is 19.4. The van der Waals surface area contributed by atoms with Gasteiger partial charge in [-0.1, -0.05) is 90.4 Å². The average molecular weight is 417 g/mol. The lowest BCUT2D eigenvalue weighted by atomic mass is 10.0. The lowest BCUT2D eigenvalue weighted by Gasteiger charge is -2.07. The summed E-state index contributed by atoms with van der Waals surface area (Å²) in [6.45, 7) is 7.53. The maximum absolute atomic E-state index is 10.6. The predicted molar refractivity (Wildman–Crippen MR) is 119 cm³/mol. The predicted octanol–water partition coefficient (Wildman–Crippen LogP) is 6.08. The van der Waals surface area contributed by atoms with Crippen LogP contribution in [0, 0.1) is 0 Å². The van der Waals surface area contributed by atoms with Gasteiger partial charge in [0.05, 0.1) is 33.0 Å². The Morgan fingerprint density at radius 3 is 1.24 bits per heavy atom. The zero-order valence-electron chi connectivity index (χ0n) is 19.4. The first-order valence-electron chi connectivity index (χ1n) is 12.1. The number of hydrogen-bond donors (Lipinski definition) is 0. The molecule has 0 amide bonds. The highest BCUT2D eigenvalue weighted by Gasteiger charge is 1.96. The number of carbonyl (C=O) groups excluding carboxylic acids is 1. The Morgan fingerprint density at radius 2 is 0.828 bits per heavy atom. The Kier molecular flexibility index (Phi) is 24.8. The van der Waals surface area contributed by atoms with E-state index in [1.54, 1.807) is 0 Å². The van der Waals surface area contributed by atoms with Crippen molar-refractivity contribution in [3.05, 3.63) is 0 Å². The third-order valence-corrected chi connectivity index (χ3v) is 4.92. The highest BCUT2D eigenvalue weighted by molar-refractivity contribution is 5.65. The smallest absolute Gasteiger partial charge is 0.302 e. The third-order valence-electron chi connectivity index (χ3n) is 4.92. The summed E-state index contributed by atoms with van der Waals surface area (Å²) in [5, 5.41) is 0. The van der Waals surface area contributed by atoms with Gasteiger partial charge in [0.1, 0.15) is 6.61 Å². The molecule has 5 nitrogen and oxygen atoms in total. The van der Waals surface area contributed by atoms with Crippen molar-refractivity contribution in [2.24, 2.45) is 0 Å². The van der Waals surface area contributed by atoms with Gasteiger partial charge in [-0.15, -0.1) is 0 Å². The maximum Gasteiger partial charge on any atom is 0.302 e. The first-order valence-corrected chi connectivity index (χ1v) is 12.1. The number of ether oxygens (including phenoxy) is 4. The number of esters is 1. The largest absolute Gasteiger partial charge is 0.463 e. The fourth-order valence-electron chi connectivity index (χ4n) is 3.18. The molecule has 0 saturated heterocycles. The Hall–Kier alpha value is -0.650. The van der Waals surface area contributed by atoms with Gasteiger partial charge in [0.2, 0.25) is 0 Å². The van der Waals surface area contributed by atoms with Gasteiger partial charge >= 0.3 is 5.97 Å². The minimum Gasteiger partial charge on any atom is -0.463 e. The van der Waals surface area contributed by atoms with Crippen LogP contribution in [0.25, 0.3) is 0 Å². The molecule has 0 aliphatic carbocycles. The molecule has 0 aromatic rings. The molecule has 0 unspecified atom stereocenters. The first kappa shape index (κ1) is 28.4. The second kappa shape index (κ2) is 25.4. The molecule has 5 heteroatoms. The minimum absolute atomic E-state index is 0.277. The van der Waals surface area contributed by atoms with E-state index in [1.165, 1.54) is 90.4 Å². The fraction of sp³-hybridized carbons (Fsp3) is 0.958. The van der Waals surface area contributed by atoms with Crippen molar-refractivity contribution in [2.75, 3.05) is 46.2 Å². The van der Waals surface area contributed by atoms with Crippen molar-refractivity contribution < 1.29 is 23.7 Å². The number of unbranched alkanes of at least 4 members (excludes halogenated alkanes) is 13. The summed E-state index contributed by atoms with van der Waals surface area (Å²) in [5.41, 5.74) is 0. The minimum atomic E-state index is -0.277. The van der Waals surface area contributed by atoms with Crippen molar-refractivity contribution in [3.8, 4) is 0 Å². The number of carbonyl (C=O) groups is 1. The van der Waals surface area contributed by atoms with Gasteiger partial charge in [0.15, 0.2) is 0 Å². The summed E-state index contributed by atoms with van der Waals surface area (Å²) in [5.74, 6) is -0.277. The lowest BCUT2D eigenvalue weighted by Crippen LogP contribution is -2.13. The van der Waals surface area contributed by atoms with E-state index in [1.807, 2.05) is 0 Å². The SMILES string of the molecule is CCCCCCCCCCCCCCCCOCCOCCOCCOC(C)=O. The molecule has 0 radical (unpaired) electrons. The summed E-state index contributed by atoms with van der Waals surface area (Å²) >= 11 is 0. The van der Waals surface area contributed by atoms with Crippen molar-refractivity contribution >= 4 is 5.97 Å². The molecule has 0 aromatic heterocycles. The topological polar surface area (TPSA) is 54.0 Å². The summed E-state index contributed by atoms with van der Waals surface area (Å²) in [4.78, 5) is 10.6. The van der Waals surface area contributed by atoms with E-state index >= 15 is 0 Å². The van der Waals surface area contributed by atoms with Crippen LogP contribution in [0.15, 0.2) is 0 Å². The molecule has 29 heavy (non-hydrogen) atoms. The summed E-state index contributed by atoms with van der Waals surface area (Å²) in [6.07, 6.45) is 19.3. The molecule has 0 rings (SSSR count). The molecule has 0 aliphatic heterocycles. The van der Waals surface area contributed by atoms with Gasteiger partial charge in [0, 0.05) is 13.5 Å². The lowest BCUT2D eigenvalue weighted by molar-refractivity contribution is -0.142. The van der Waals surface area contributed by atoms with Gasteiger partial charge in [-0.05, 0) is 6.42 Å². The van der Waals surface area contributed by atoms with Crippen molar-refractivity contribution in [1.82, 2.24) is 0 Å². The van der Waals surface area contributed by atoms with Gasteiger partial charge in [0.25, 0.3) is 0 Å². The Balaban J connectivity index is 2.99. The third kappa shape index (κ3) is 27.4. The van der Waals surface area contributed by atoms with E-state index in [9.17, 15) is 4.79 Å². The second-order valence-electron chi connectivity index (χ2n) is 7.77. The van der Waals surface area contributed by atoms with Crippen LogP contribution in [0.5, 0.6) is 0 Å². The Labute approximate surface area is 180 Å². The van der Waals surface area contributed by atoms with Crippen LogP contribution in [-0.2, 0) is 23.7 Å². The van der Waals surface area contributed by atoms with Crippen LogP contribution in [0.1, 0.15) is 104 Å². The molecule has 0 aliphatic rings. The van der Waals surface area contributed by atoms with Crippen molar-refractivity contribution in [3.63, 3.8) is 0 Å². The molecular formula is C24H48O5. The van der Waals surface area contributed by atoms with E-state index in [0.29, 0.717) is 39.6 Å². The molecular weight excluding hydrogens is 368 g/mol. The van der Waals surface area contributed by atoms with E-state index in [2.05, 4.69) is 6.92 Å². The highest BCUT2D eigenvalue weighted by Crippen LogP contribution is 2.12. The van der Waals surface area contributed by atoms with Crippen LogP contribution in [0.2, 0.25) is 0 Å². The normalized spacial score (nSPS) is 11.1. The first-order chi connectivity index (χ1) is 14.3. The Morgan fingerprint density at radius 1 is 0.483 bits per heavy atom. The monoisotopic (exact) mass is 416 g/mol. The molecule has 174 valence electrons. The van der Waals surface area contributed by atoms with E-state index in [0.717, 1.165) is 13.0 Å².